The second kappa shape index (κ2) is 6.53. The van der Waals surface area contributed by atoms with Crippen molar-refractivity contribution < 1.29 is 0 Å². The zero-order chi connectivity index (χ0) is 13.8. The molecule has 0 spiro atoms. The maximum Gasteiger partial charge on any atom is 0.0309 e. The van der Waals surface area contributed by atoms with Gasteiger partial charge in [-0.1, -0.05) is 31.2 Å². The van der Waals surface area contributed by atoms with E-state index in [9.17, 15) is 0 Å². The lowest BCUT2D eigenvalue weighted by atomic mass is 9.99. The molecule has 2 nitrogen and oxygen atoms in total. The van der Waals surface area contributed by atoms with Crippen LogP contribution in [0.15, 0.2) is 24.3 Å². The van der Waals surface area contributed by atoms with Gasteiger partial charge in [-0.3, -0.25) is 4.90 Å². The minimum absolute atomic E-state index is 0.173. The highest BCUT2D eigenvalue weighted by Gasteiger charge is 2.29. The Labute approximate surface area is 118 Å². The lowest BCUT2D eigenvalue weighted by Crippen LogP contribution is -2.36. The molecule has 19 heavy (non-hydrogen) atoms. The van der Waals surface area contributed by atoms with Crippen LogP contribution in [-0.4, -0.2) is 23.5 Å². The summed E-state index contributed by atoms with van der Waals surface area (Å²) in [7, 11) is 0. The zero-order valence-electron chi connectivity index (χ0n) is 12.6. The van der Waals surface area contributed by atoms with Crippen LogP contribution >= 0.6 is 0 Å². The molecule has 0 bridgehead atoms. The third-order valence-corrected chi connectivity index (χ3v) is 4.71. The fourth-order valence-electron chi connectivity index (χ4n) is 3.41. The number of nitrogens with two attached hydrogens (primary N) is 1. The van der Waals surface area contributed by atoms with E-state index in [1.54, 1.807) is 0 Å². The molecule has 3 atom stereocenters. The quantitative estimate of drug-likeness (QED) is 0.875. The summed E-state index contributed by atoms with van der Waals surface area (Å²) in [6.45, 7) is 7.95. The summed E-state index contributed by atoms with van der Waals surface area (Å²) in [5, 5.41) is 0. The summed E-state index contributed by atoms with van der Waals surface area (Å²) in [5.74, 6) is 0. The SMILES string of the molecule is CCC1CCC(C)N1CCC(N)c1ccccc1C. The molecular weight excluding hydrogens is 232 g/mol. The summed E-state index contributed by atoms with van der Waals surface area (Å²) >= 11 is 0. The van der Waals surface area contributed by atoms with Crippen LogP contribution in [0.1, 0.15) is 56.7 Å². The van der Waals surface area contributed by atoms with Gasteiger partial charge in [0.25, 0.3) is 0 Å². The summed E-state index contributed by atoms with van der Waals surface area (Å²) in [6, 6.07) is 10.2. The van der Waals surface area contributed by atoms with Crippen molar-refractivity contribution in [2.45, 2.75) is 64.6 Å². The van der Waals surface area contributed by atoms with E-state index in [-0.39, 0.29) is 6.04 Å². The van der Waals surface area contributed by atoms with Gasteiger partial charge in [0.05, 0.1) is 0 Å². The van der Waals surface area contributed by atoms with E-state index in [1.807, 2.05) is 0 Å². The highest BCUT2D eigenvalue weighted by Crippen LogP contribution is 2.27. The third-order valence-electron chi connectivity index (χ3n) is 4.71. The van der Waals surface area contributed by atoms with Crippen molar-refractivity contribution in [2.75, 3.05) is 6.54 Å². The first-order valence-electron chi connectivity index (χ1n) is 7.70. The Morgan fingerprint density at radius 2 is 2.05 bits per heavy atom. The van der Waals surface area contributed by atoms with Gasteiger partial charge >= 0.3 is 0 Å². The third kappa shape index (κ3) is 3.37. The van der Waals surface area contributed by atoms with Gasteiger partial charge < -0.3 is 5.73 Å². The number of nitrogens with zero attached hydrogens (tertiary/aromatic N) is 1. The van der Waals surface area contributed by atoms with E-state index in [4.69, 9.17) is 5.73 Å². The Hall–Kier alpha value is -0.860. The normalized spacial score (nSPS) is 25.7. The molecule has 1 aromatic carbocycles. The molecule has 2 rings (SSSR count). The van der Waals surface area contributed by atoms with E-state index in [0.29, 0.717) is 0 Å². The van der Waals surface area contributed by atoms with Crippen LogP contribution in [0, 0.1) is 6.92 Å². The summed E-state index contributed by atoms with van der Waals surface area (Å²) in [4.78, 5) is 2.66. The Balaban J connectivity index is 1.93. The minimum Gasteiger partial charge on any atom is -0.324 e. The zero-order valence-corrected chi connectivity index (χ0v) is 12.6. The predicted octanol–water partition coefficient (Wildman–Crippen LogP) is 3.65. The Bertz CT molecular complexity index is 402. The van der Waals surface area contributed by atoms with Gasteiger partial charge in [-0.25, -0.2) is 0 Å². The van der Waals surface area contributed by atoms with Crippen LogP contribution in [0.2, 0.25) is 0 Å². The first-order chi connectivity index (χ1) is 9.13. The lowest BCUT2D eigenvalue weighted by molar-refractivity contribution is 0.191. The monoisotopic (exact) mass is 260 g/mol. The number of hydrogen-bond acceptors (Lipinski definition) is 2. The van der Waals surface area contributed by atoms with Crippen molar-refractivity contribution in [3.63, 3.8) is 0 Å². The molecule has 3 unspecified atom stereocenters. The number of likely N-dealkylation sites (tertiary alicyclic amines) is 1. The van der Waals surface area contributed by atoms with Gasteiger partial charge in [-0.2, -0.15) is 0 Å². The van der Waals surface area contributed by atoms with Crippen molar-refractivity contribution in [1.82, 2.24) is 4.90 Å². The first kappa shape index (κ1) is 14.5. The Kier molecular flexibility index (Phi) is 5.00. The van der Waals surface area contributed by atoms with E-state index >= 15 is 0 Å². The predicted molar refractivity (Wildman–Crippen MR) is 82.2 cm³/mol. The highest BCUT2D eigenvalue weighted by atomic mass is 15.2. The maximum atomic E-state index is 6.38. The number of benzene rings is 1. The van der Waals surface area contributed by atoms with Crippen LogP contribution in [-0.2, 0) is 0 Å². The van der Waals surface area contributed by atoms with Gasteiger partial charge in [0, 0.05) is 24.7 Å². The Morgan fingerprint density at radius 1 is 1.32 bits per heavy atom. The molecule has 0 amide bonds. The van der Waals surface area contributed by atoms with Crippen molar-refractivity contribution in [3.05, 3.63) is 35.4 Å². The van der Waals surface area contributed by atoms with Gasteiger partial charge in [0.15, 0.2) is 0 Å². The molecule has 1 fully saturated rings. The highest BCUT2D eigenvalue weighted by molar-refractivity contribution is 5.28. The van der Waals surface area contributed by atoms with Crippen LogP contribution in [0.5, 0.6) is 0 Å². The molecular formula is C17H28N2. The summed E-state index contributed by atoms with van der Waals surface area (Å²) in [6.07, 6.45) is 5.03. The molecule has 0 aliphatic carbocycles. The standard InChI is InChI=1S/C17H28N2/c1-4-15-10-9-14(3)19(15)12-11-17(18)16-8-6-5-7-13(16)2/h5-8,14-15,17H,4,9-12,18H2,1-3H3. The van der Waals surface area contributed by atoms with Gasteiger partial charge in [0.2, 0.25) is 0 Å². The second-order valence-corrected chi connectivity index (χ2v) is 5.98. The molecule has 0 aromatic heterocycles. The van der Waals surface area contributed by atoms with E-state index < -0.39 is 0 Å². The minimum atomic E-state index is 0.173. The lowest BCUT2D eigenvalue weighted by Gasteiger charge is -2.29. The van der Waals surface area contributed by atoms with E-state index in [2.05, 4.69) is 49.9 Å². The van der Waals surface area contributed by atoms with Crippen LogP contribution in [0.3, 0.4) is 0 Å². The summed E-state index contributed by atoms with van der Waals surface area (Å²) in [5.41, 5.74) is 9.00. The number of hydrogen-bond donors (Lipinski definition) is 1. The van der Waals surface area contributed by atoms with Crippen molar-refractivity contribution in [1.29, 1.82) is 0 Å². The maximum absolute atomic E-state index is 6.38. The van der Waals surface area contributed by atoms with Gasteiger partial charge in [0.1, 0.15) is 0 Å². The van der Waals surface area contributed by atoms with Crippen molar-refractivity contribution >= 4 is 0 Å². The molecule has 106 valence electrons. The van der Waals surface area contributed by atoms with Crippen molar-refractivity contribution in [3.8, 4) is 0 Å². The van der Waals surface area contributed by atoms with E-state index in [0.717, 1.165) is 25.0 Å². The van der Waals surface area contributed by atoms with Gasteiger partial charge in [-0.15, -0.1) is 0 Å². The molecule has 1 heterocycles. The smallest absolute Gasteiger partial charge is 0.0309 e. The molecule has 1 aliphatic heterocycles. The molecule has 0 radical (unpaired) electrons. The molecule has 2 N–H and O–H groups in total. The van der Waals surface area contributed by atoms with Crippen LogP contribution < -0.4 is 5.73 Å². The molecule has 0 saturated carbocycles. The number of rotatable bonds is 5. The van der Waals surface area contributed by atoms with E-state index in [1.165, 1.54) is 30.4 Å². The molecule has 2 heteroatoms. The summed E-state index contributed by atoms with van der Waals surface area (Å²) < 4.78 is 0. The fourth-order valence-corrected chi connectivity index (χ4v) is 3.41. The average molecular weight is 260 g/mol. The molecule has 1 aromatic rings. The van der Waals surface area contributed by atoms with Gasteiger partial charge in [-0.05, 0) is 50.7 Å². The molecule has 1 saturated heterocycles. The Morgan fingerprint density at radius 3 is 2.74 bits per heavy atom. The topological polar surface area (TPSA) is 29.3 Å². The number of aryl methyl sites for hydroxylation is 1. The second-order valence-electron chi connectivity index (χ2n) is 5.98. The van der Waals surface area contributed by atoms with Crippen LogP contribution in [0.25, 0.3) is 0 Å². The largest absolute Gasteiger partial charge is 0.324 e. The first-order valence-corrected chi connectivity index (χ1v) is 7.70. The van der Waals surface area contributed by atoms with Crippen LogP contribution in [0.4, 0.5) is 0 Å². The average Bonchev–Trinajstić information content (AvgIpc) is 2.77. The fraction of sp³-hybridized carbons (Fsp3) is 0.647. The van der Waals surface area contributed by atoms with Crippen molar-refractivity contribution in [2.24, 2.45) is 5.73 Å². The molecule has 1 aliphatic rings.